The summed E-state index contributed by atoms with van der Waals surface area (Å²) in [7, 11) is 0. The van der Waals surface area contributed by atoms with Gasteiger partial charge in [-0.3, -0.25) is 14.4 Å². The summed E-state index contributed by atoms with van der Waals surface area (Å²) in [5.74, 6) is 0.890. The number of amides is 3. The highest BCUT2D eigenvalue weighted by Crippen LogP contribution is 2.28. The first-order chi connectivity index (χ1) is 19.0. The van der Waals surface area contributed by atoms with Gasteiger partial charge in [-0.15, -0.1) is 0 Å². The smallest absolute Gasteiger partial charge is 0.254 e. The summed E-state index contributed by atoms with van der Waals surface area (Å²) < 4.78 is 10.7. The predicted molar refractivity (Wildman–Crippen MR) is 146 cm³/mol. The molecule has 3 aliphatic rings. The zero-order valence-corrected chi connectivity index (χ0v) is 22.1. The van der Waals surface area contributed by atoms with E-state index in [1.54, 1.807) is 35.2 Å². The number of pyridine rings is 1. The topological polar surface area (TPSA) is 130 Å². The lowest BCUT2D eigenvalue weighted by Gasteiger charge is -2.35. The Morgan fingerprint density at radius 2 is 1.56 bits per heavy atom. The number of morpholine rings is 2. The number of aromatic nitrogens is 1. The van der Waals surface area contributed by atoms with Crippen LogP contribution in [0.1, 0.15) is 40.0 Å². The molecule has 4 heterocycles. The molecular weight excluding hydrogens is 500 g/mol. The van der Waals surface area contributed by atoms with Crippen molar-refractivity contribution in [2.45, 2.75) is 19.3 Å². The third-order valence-corrected chi connectivity index (χ3v) is 7.51. The van der Waals surface area contributed by atoms with Gasteiger partial charge in [-0.2, -0.15) is 0 Å². The lowest BCUT2D eigenvalue weighted by atomic mass is 9.94. The van der Waals surface area contributed by atoms with Crippen molar-refractivity contribution in [3.8, 4) is 0 Å². The lowest BCUT2D eigenvalue weighted by molar-refractivity contribution is -0.136. The molecule has 11 nitrogen and oxygen atoms in total. The van der Waals surface area contributed by atoms with E-state index in [1.165, 1.54) is 0 Å². The van der Waals surface area contributed by atoms with Crippen molar-refractivity contribution in [3.05, 3.63) is 47.5 Å². The van der Waals surface area contributed by atoms with E-state index < -0.39 is 5.91 Å². The number of nitrogens with one attached hydrogen (secondary N) is 1. The standard InChI is InChI=1S/C28H36N6O5/c29-26(36)23-7-8-24(34-9-1-2-20(19-34)18-25(35)32-10-14-38-15-11-32)31-27(23)30-22-5-3-21(4-6-22)28(37)33-12-16-39-17-13-33/h3-8,20H,1-2,9-19H2,(H2,29,36)(H,30,31)/t20-/m0/s1. The van der Waals surface area contributed by atoms with Gasteiger partial charge in [-0.1, -0.05) is 0 Å². The maximum Gasteiger partial charge on any atom is 0.254 e. The van der Waals surface area contributed by atoms with Gasteiger partial charge in [0.1, 0.15) is 11.6 Å². The van der Waals surface area contributed by atoms with Crippen LogP contribution in [0.15, 0.2) is 36.4 Å². The minimum absolute atomic E-state index is 0.0328. The van der Waals surface area contributed by atoms with E-state index in [0.29, 0.717) is 76.1 Å². The molecule has 3 N–H and O–H groups in total. The van der Waals surface area contributed by atoms with Gasteiger partial charge in [0.2, 0.25) is 5.91 Å². The maximum absolute atomic E-state index is 12.8. The zero-order chi connectivity index (χ0) is 27.2. The van der Waals surface area contributed by atoms with Gasteiger partial charge in [-0.25, -0.2) is 4.98 Å². The van der Waals surface area contributed by atoms with Crippen molar-refractivity contribution in [3.63, 3.8) is 0 Å². The summed E-state index contributed by atoms with van der Waals surface area (Å²) in [6.07, 6.45) is 2.46. The Morgan fingerprint density at radius 3 is 2.23 bits per heavy atom. The highest BCUT2D eigenvalue weighted by Gasteiger charge is 2.27. The van der Waals surface area contributed by atoms with E-state index in [-0.39, 0.29) is 23.3 Å². The Kier molecular flexibility index (Phi) is 8.58. The summed E-state index contributed by atoms with van der Waals surface area (Å²) in [6.45, 7) is 6.30. The molecule has 1 atom stereocenters. The van der Waals surface area contributed by atoms with Crippen LogP contribution in [0.5, 0.6) is 0 Å². The molecule has 3 fully saturated rings. The van der Waals surface area contributed by atoms with E-state index >= 15 is 0 Å². The predicted octanol–water partition coefficient (Wildman–Crippen LogP) is 1.86. The Labute approximate surface area is 228 Å². The van der Waals surface area contributed by atoms with E-state index in [0.717, 1.165) is 31.7 Å². The summed E-state index contributed by atoms with van der Waals surface area (Å²) in [5, 5.41) is 3.21. The Morgan fingerprint density at radius 1 is 0.897 bits per heavy atom. The van der Waals surface area contributed by atoms with Crippen molar-refractivity contribution >= 4 is 35.0 Å². The largest absolute Gasteiger partial charge is 0.378 e. The Balaban J connectivity index is 1.26. The quantitative estimate of drug-likeness (QED) is 0.549. The van der Waals surface area contributed by atoms with E-state index in [4.69, 9.17) is 20.2 Å². The molecule has 0 aliphatic carbocycles. The number of benzene rings is 1. The number of carbonyl (C=O) groups is 3. The van der Waals surface area contributed by atoms with Crippen LogP contribution >= 0.6 is 0 Å². The lowest BCUT2D eigenvalue weighted by Crippen LogP contribution is -2.43. The van der Waals surface area contributed by atoms with Gasteiger partial charge in [-0.05, 0) is 55.2 Å². The third kappa shape index (κ3) is 6.66. The van der Waals surface area contributed by atoms with Gasteiger partial charge < -0.3 is 35.2 Å². The summed E-state index contributed by atoms with van der Waals surface area (Å²) in [4.78, 5) is 48.3. The van der Waals surface area contributed by atoms with Crippen LogP contribution in [0, 0.1) is 5.92 Å². The second kappa shape index (κ2) is 12.4. The van der Waals surface area contributed by atoms with Crippen molar-refractivity contribution < 1.29 is 23.9 Å². The Hall–Kier alpha value is -3.70. The number of hydrogen-bond donors (Lipinski definition) is 2. The molecular formula is C28H36N6O5. The zero-order valence-electron chi connectivity index (χ0n) is 22.1. The summed E-state index contributed by atoms with van der Waals surface area (Å²) >= 11 is 0. The van der Waals surface area contributed by atoms with Crippen molar-refractivity contribution in [1.82, 2.24) is 14.8 Å². The van der Waals surface area contributed by atoms with Crippen molar-refractivity contribution in [1.29, 1.82) is 0 Å². The third-order valence-electron chi connectivity index (χ3n) is 7.51. The first-order valence-corrected chi connectivity index (χ1v) is 13.6. The number of anilines is 3. The molecule has 0 saturated carbocycles. The fourth-order valence-electron chi connectivity index (χ4n) is 5.33. The number of primary amides is 1. The number of piperidine rings is 1. The molecule has 0 radical (unpaired) electrons. The highest BCUT2D eigenvalue weighted by molar-refractivity contribution is 5.99. The molecule has 11 heteroatoms. The van der Waals surface area contributed by atoms with Crippen LogP contribution in [0.3, 0.4) is 0 Å². The number of hydrogen-bond acceptors (Lipinski definition) is 8. The summed E-state index contributed by atoms with van der Waals surface area (Å²) in [6, 6.07) is 10.6. The second-order valence-corrected chi connectivity index (χ2v) is 10.2. The van der Waals surface area contributed by atoms with Crippen LogP contribution in [-0.4, -0.2) is 98.2 Å². The molecule has 0 spiro atoms. The minimum atomic E-state index is -0.580. The fraction of sp³-hybridized carbons (Fsp3) is 0.500. The molecule has 3 amide bonds. The van der Waals surface area contributed by atoms with Gasteiger partial charge >= 0.3 is 0 Å². The van der Waals surface area contributed by atoms with Crippen molar-refractivity contribution in [2.24, 2.45) is 11.7 Å². The normalized spacial score (nSPS) is 20.0. The monoisotopic (exact) mass is 536 g/mol. The van der Waals surface area contributed by atoms with E-state index in [9.17, 15) is 14.4 Å². The van der Waals surface area contributed by atoms with Crippen LogP contribution in [0.4, 0.5) is 17.3 Å². The number of ether oxygens (including phenoxy) is 2. The SMILES string of the molecule is NC(=O)c1ccc(N2CCC[C@@H](CC(=O)N3CCOCC3)C2)nc1Nc1ccc(C(=O)N2CCOCC2)cc1. The molecule has 0 bridgehead atoms. The van der Waals surface area contributed by atoms with E-state index in [2.05, 4.69) is 10.2 Å². The average molecular weight is 537 g/mol. The molecule has 2 aromatic rings. The molecule has 5 rings (SSSR count). The molecule has 1 aromatic heterocycles. The first kappa shape index (κ1) is 26.9. The number of carbonyl (C=O) groups excluding carboxylic acids is 3. The van der Waals surface area contributed by atoms with E-state index in [1.807, 2.05) is 11.0 Å². The molecule has 3 aliphatic heterocycles. The number of rotatable bonds is 7. The number of nitrogens with two attached hydrogens (primary N) is 1. The van der Waals surface area contributed by atoms with Gasteiger partial charge in [0.25, 0.3) is 11.8 Å². The molecule has 0 unspecified atom stereocenters. The number of nitrogens with zero attached hydrogens (tertiary/aromatic N) is 4. The fourth-order valence-corrected chi connectivity index (χ4v) is 5.33. The van der Waals surface area contributed by atoms with Crippen LogP contribution in [0.2, 0.25) is 0 Å². The van der Waals surface area contributed by atoms with Crippen molar-refractivity contribution in [2.75, 3.05) is 75.9 Å². The highest BCUT2D eigenvalue weighted by atomic mass is 16.5. The first-order valence-electron chi connectivity index (χ1n) is 13.6. The van der Waals surface area contributed by atoms with Crippen LogP contribution in [0.25, 0.3) is 0 Å². The second-order valence-electron chi connectivity index (χ2n) is 10.2. The average Bonchev–Trinajstić information content (AvgIpc) is 2.98. The summed E-state index contributed by atoms with van der Waals surface area (Å²) in [5.41, 5.74) is 7.20. The van der Waals surface area contributed by atoms with Gasteiger partial charge in [0, 0.05) is 56.9 Å². The minimum Gasteiger partial charge on any atom is -0.378 e. The molecule has 3 saturated heterocycles. The van der Waals surface area contributed by atoms with Crippen LogP contribution < -0.4 is 16.0 Å². The molecule has 208 valence electrons. The van der Waals surface area contributed by atoms with Gasteiger partial charge in [0.15, 0.2) is 0 Å². The van der Waals surface area contributed by atoms with Gasteiger partial charge in [0.05, 0.1) is 32.0 Å². The Bertz CT molecular complexity index is 1180. The maximum atomic E-state index is 12.8. The van der Waals surface area contributed by atoms with Crippen LogP contribution in [-0.2, 0) is 14.3 Å². The molecule has 1 aromatic carbocycles. The molecule has 39 heavy (non-hydrogen) atoms.